The Kier molecular flexibility index (Phi) is 5.35. The zero-order valence-corrected chi connectivity index (χ0v) is 12.6. The highest BCUT2D eigenvalue weighted by molar-refractivity contribution is 5.01. The molecule has 0 aromatic rings. The molecule has 1 rings (SSSR count). The Morgan fingerprint density at radius 2 is 1.58 bits per heavy atom. The molecule has 0 saturated carbocycles. The van der Waals surface area contributed by atoms with E-state index in [4.69, 9.17) is 15.3 Å². The summed E-state index contributed by atoms with van der Waals surface area (Å²) < 4.78 is 5.83. The lowest BCUT2D eigenvalue weighted by molar-refractivity contribution is -0.102. The van der Waals surface area contributed by atoms with Crippen LogP contribution in [0.1, 0.15) is 53.4 Å². The minimum atomic E-state index is 0.0237. The average molecular weight is 263 g/mol. The molecule has 0 amide bonds. The van der Waals surface area contributed by atoms with Crippen LogP contribution in [0.25, 0.3) is 0 Å². The van der Waals surface area contributed by atoms with Gasteiger partial charge in [0.2, 0.25) is 0 Å². The van der Waals surface area contributed by atoms with Crippen molar-refractivity contribution in [2.45, 2.75) is 70.6 Å². The topological polar surface area (TPSA) is 60.0 Å². The summed E-state index contributed by atoms with van der Waals surface area (Å²) in [4.78, 5) is 2.42. The Morgan fingerprint density at radius 1 is 1.05 bits per heavy atom. The molecule has 1 aliphatic rings. The van der Waals surface area contributed by atoms with Gasteiger partial charge in [0, 0.05) is 24.0 Å². The van der Waals surface area contributed by atoms with E-state index < -0.39 is 0 Å². The molecule has 4 heteroatoms. The number of nitrogens with zero attached hydrogens (tertiary/aromatic N) is 3. The van der Waals surface area contributed by atoms with Crippen LogP contribution < -0.4 is 0 Å². The molecule has 0 unspecified atom stereocenters. The molecule has 0 radical (unpaired) electrons. The van der Waals surface area contributed by atoms with Crippen LogP contribution in [0.15, 0.2) is 0 Å². The first-order chi connectivity index (χ1) is 8.83. The minimum absolute atomic E-state index is 0.0237. The summed E-state index contributed by atoms with van der Waals surface area (Å²) in [7, 11) is 0. The van der Waals surface area contributed by atoms with Crippen molar-refractivity contribution in [3.63, 3.8) is 0 Å². The third-order valence-electron chi connectivity index (χ3n) is 3.93. The molecule has 4 nitrogen and oxygen atoms in total. The van der Waals surface area contributed by atoms with E-state index in [1.807, 2.05) is 0 Å². The molecule has 0 aromatic heterocycles. The Balaban J connectivity index is 2.71. The summed E-state index contributed by atoms with van der Waals surface area (Å²) in [5.74, 6) is 0. The van der Waals surface area contributed by atoms with Crippen LogP contribution in [0.5, 0.6) is 0 Å². The van der Waals surface area contributed by atoms with Gasteiger partial charge in [-0.2, -0.15) is 10.5 Å². The summed E-state index contributed by atoms with van der Waals surface area (Å²) in [5.41, 5.74) is 0.0474. The van der Waals surface area contributed by atoms with Gasteiger partial charge < -0.3 is 4.74 Å². The predicted octanol–water partition coefficient (Wildman–Crippen LogP) is 2.85. The van der Waals surface area contributed by atoms with Crippen LogP contribution in [0.4, 0.5) is 0 Å². The number of hydrogen-bond acceptors (Lipinski definition) is 4. The van der Waals surface area contributed by atoms with Gasteiger partial charge in [-0.05, 0) is 40.5 Å². The molecule has 0 bridgehead atoms. The quantitative estimate of drug-likeness (QED) is 0.716. The van der Waals surface area contributed by atoms with Gasteiger partial charge >= 0.3 is 0 Å². The lowest BCUT2D eigenvalue weighted by atomic mass is 9.78. The normalized spacial score (nSPS) is 22.6. The number of likely N-dealkylation sites (tertiary alicyclic amines) is 1. The van der Waals surface area contributed by atoms with E-state index >= 15 is 0 Å². The minimum Gasteiger partial charge on any atom is -0.377 e. The first-order valence-electron chi connectivity index (χ1n) is 6.97. The summed E-state index contributed by atoms with van der Waals surface area (Å²) in [6.07, 6.45) is 3.12. The molecular formula is C15H25N3O. The molecule has 1 heterocycles. The zero-order valence-electron chi connectivity index (χ0n) is 12.6. The van der Waals surface area contributed by atoms with Crippen molar-refractivity contribution >= 4 is 0 Å². The number of ether oxygens (including phenoxy) is 1. The van der Waals surface area contributed by atoms with Crippen molar-refractivity contribution in [3.8, 4) is 12.1 Å². The molecule has 0 aromatic carbocycles. The lowest BCUT2D eigenvalue weighted by Gasteiger charge is -2.55. The number of rotatable bonds is 5. The Bertz CT molecular complexity index is 358. The fourth-order valence-electron chi connectivity index (χ4n) is 3.38. The number of hydrogen-bond donors (Lipinski definition) is 0. The van der Waals surface area contributed by atoms with Gasteiger partial charge in [0.05, 0.1) is 31.3 Å². The fraction of sp³-hybridized carbons (Fsp3) is 0.867. The first kappa shape index (κ1) is 16.0. The smallest absolute Gasteiger partial charge is 0.0645 e. The van der Waals surface area contributed by atoms with E-state index in [0.29, 0.717) is 19.4 Å². The van der Waals surface area contributed by atoms with Gasteiger partial charge in [-0.15, -0.1) is 0 Å². The van der Waals surface area contributed by atoms with Crippen molar-refractivity contribution in [2.75, 3.05) is 13.2 Å². The highest BCUT2D eigenvalue weighted by Gasteiger charge is 2.45. The molecule has 0 spiro atoms. The van der Waals surface area contributed by atoms with E-state index in [1.54, 1.807) is 0 Å². The Morgan fingerprint density at radius 3 is 2.05 bits per heavy atom. The average Bonchev–Trinajstić information content (AvgIpc) is 2.26. The van der Waals surface area contributed by atoms with Crippen molar-refractivity contribution < 1.29 is 4.74 Å². The summed E-state index contributed by atoms with van der Waals surface area (Å²) in [5, 5.41) is 17.4. The molecule has 0 atom stereocenters. The zero-order chi connectivity index (χ0) is 14.5. The highest BCUT2D eigenvalue weighted by Crippen LogP contribution is 2.39. The van der Waals surface area contributed by atoms with Gasteiger partial charge in [-0.1, -0.05) is 0 Å². The van der Waals surface area contributed by atoms with Crippen molar-refractivity contribution in [3.05, 3.63) is 0 Å². The van der Waals surface area contributed by atoms with Gasteiger partial charge in [0.1, 0.15) is 0 Å². The van der Waals surface area contributed by atoms with E-state index in [2.05, 4.69) is 44.7 Å². The van der Waals surface area contributed by atoms with E-state index in [-0.39, 0.29) is 17.2 Å². The second-order valence-electron chi connectivity index (χ2n) is 6.49. The third-order valence-corrected chi connectivity index (χ3v) is 3.93. The molecule has 0 aliphatic carbocycles. The molecule has 1 saturated heterocycles. The van der Waals surface area contributed by atoms with Crippen LogP contribution >= 0.6 is 0 Å². The molecule has 19 heavy (non-hydrogen) atoms. The number of piperidine rings is 1. The molecular weight excluding hydrogens is 238 g/mol. The monoisotopic (exact) mass is 263 g/mol. The summed E-state index contributed by atoms with van der Waals surface area (Å²) >= 11 is 0. The Hall–Kier alpha value is -1.10. The predicted molar refractivity (Wildman–Crippen MR) is 74.3 cm³/mol. The van der Waals surface area contributed by atoms with Gasteiger partial charge in [-0.3, -0.25) is 4.90 Å². The second-order valence-corrected chi connectivity index (χ2v) is 6.49. The molecule has 1 fully saturated rings. The van der Waals surface area contributed by atoms with Crippen LogP contribution in [-0.4, -0.2) is 35.2 Å². The maximum absolute atomic E-state index is 8.80. The van der Waals surface area contributed by atoms with E-state index in [1.165, 1.54) is 0 Å². The molecule has 0 N–H and O–H groups in total. The van der Waals surface area contributed by atoms with E-state index in [0.717, 1.165) is 19.4 Å². The molecule has 106 valence electrons. The SMILES string of the molecule is CC1(C)CC(OCCC#N)CC(C)(C)N1CCC#N. The largest absolute Gasteiger partial charge is 0.377 e. The van der Waals surface area contributed by atoms with Gasteiger partial charge in [-0.25, -0.2) is 0 Å². The third kappa shape index (κ3) is 4.20. The maximum Gasteiger partial charge on any atom is 0.0645 e. The van der Waals surface area contributed by atoms with Crippen molar-refractivity contribution in [2.24, 2.45) is 0 Å². The van der Waals surface area contributed by atoms with Crippen LogP contribution in [0.3, 0.4) is 0 Å². The van der Waals surface area contributed by atoms with Crippen LogP contribution in [-0.2, 0) is 4.74 Å². The lowest BCUT2D eigenvalue weighted by Crippen LogP contribution is -2.62. The number of nitriles is 2. The Labute approximate surface area is 117 Å². The standard InChI is InChI=1S/C15H25N3O/c1-14(2)11-13(19-10-6-8-17)12-15(3,4)18(14)9-5-7-16/h13H,5-6,9-12H2,1-4H3. The first-order valence-corrected chi connectivity index (χ1v) is 6.97. The summed E-state index contributed by atoms with van der Waals surface area (Å²) in [6, 6.07) is 4.35. The van der Waals surface area contributed by atoms with E-state index in [9.17, 15) is 0 Å². The van der Waals surface area contributed by atoms with Crippen molar-refractivity contribution in [1.82, 2.24) is 4.90 Å². The highest BCUT2D eigenvalue weighted by atomic mass is 16.5. The van der Waals surface area contributed by atoms with Crippen LogP contribution in [0, 0.1) is 22.7 Å². The fourth-order valence-corrected chi connectivity index (χ4v) is 3.38. The van der Waals surface area contributed by atoms with Crippen molar-refractivity contribution in [1.29, 1.82) is 10.5 Å². The molecule has 1 aliphatic heterocycles. The van der Waals surface area contributed by atoms with Gasteiger partial charge in [0.15, 0.2) is 0 Å². The summed E-state index contributed by atoms with van der Waals surface area (Å²) in [6.45, 7) is 10.2. The maximum atomic E-state index is 8.80. The van der Waals surface area contributed by atoms with Gasteiger partial charge in [0.25, 0.3) is 0 Å². The van der Waals surface area contributed by atoms with Crippen LogP contribution in [0.2, 0.25) is 0 Å². The second kappa shape index (κ2) is 6.37.